The first-order valence-corrected chi connectivity index (χ1v) is 6.74. The summed E-state index contributed by atoms with van der Waals surface area (Å²) in [6, 6.07) is 9.33. The summed E-state index contributed by atoms with van der Waals surface area (Å²) < 4.78 is 0. The molecular weight excluding hydrogens is 284 g/mol. The Bertz CT molecular complexity index is 739. The molecule has 0 fully saturated rings. The monoisotopic (exact) mass is 300 g/mol. The van der Waals surface area contributed by atoms with Gasteiger partial charge < -0.3 is 20.9 Å². The molecule has 1 aromatic carbocycles. The number of benzene rings is 1. The van der Waals surface area contributed by atoms with Crippen LogP contribution in [0.25, 0.3) is 0 Å². The van der Waals surface area contributed by atoms with E-state index >= 15 is 0 Å². The molecule has 2 aromatic rings. The van der Waals surface area contributed by atoms with Crippen LogP contribution in [0.4, 0.5) is 16.2 Å². The molecule has 0 atom stereocenters. The fourth-order valence-corrected chi connectivity index (χ4v) is 1.81. The highest BCUT2D eigenvalue weighted by Gasteiger charge is 2.10. The van der Waals surface area contributed by atoms with Gasteiger partial charge in [-0.25, -0.2) is 4.79 Å². The number of aromatic nitrogens is 1. The zero-order chi connectivity index (χ0) is 15.9. The Morgan fingerprint density at radius 1 is 1.09 bits per heavy atom. The number of anilines is 2. The lowest BCUT2D eigenvalue weighted by molar-refractivity contribution is 0.102. The van der Waals surface area contributed by atoms with E-state index in [0.29, 0.717) is 17.9 Å². The van der Waals surface area contributed by atoms with Crippen molar-refractivity contribution >= 4 is 23.3 Å². The third-order valence-corrected chi connectivity index (χ3v) is 2.78. The largest absolute Gasteiger partial charge is 0.338 e. The number of urea groups is 1. The first-order valence-electron chi connectivity index (χ1n) is 6.74. The summed E-state index contributed by atoms with van der Waals surface area (Å²) in [4.78, 5) is 37.5. The van der Waals surface area contributed by atoms with Crippen LogP contribution < -0.4 is 21.5 Å². The smallest absolute Gasteiger partial charge is 0.319 e. The normalized spacial score (nSPS) is 9.86. The van der Waals surface area contributed by atoms with Gasteiger partial charge in [0.05, 0.1) is 0 Å². The van der Waals surface area contributed by atoms with Crippen LogP contribution in [0, 0.1) is 0 Å². The van der Waals surface area contributed by atoms with Crippen molar-refractivity contribution in [3.05, 3.63) is 58.5 Å². The van der Waals surface area contributed by atoms with Gasteiger partial charge in [0.2, 0.25) is 0 Å². The van der Waals surface area contributed by atoms with Gasteiger partial charge in [0.1, 0.15) is 5.56 Å². The van der Waals surface area contributed by atoms with E-state index in [4.69, 9.17) is 0 Å². The Morgan fingerprint density at radius 3 is 2.50 bits per heavy atom. The van der Waals surface area contributed by atoms with Crippen molar-refractivity contribution in [1.82, 2.24) is 10.3 Å². The summed E-state index contributed by atoms with van der Waals surface area (Å²) in [6.45, 7) is 2.33. The highest BCUT2D eigenvalue weighted by Crippen LogP contribution is 2.15. The SMILES string of the molecule is CCNC(=O)Nc1cccc(NC(=O)c2ccc[nH]c2=O)c1. The molecule has 0 radical (unpaired) electrons. The number of rotatable bonds is 4. The molecule has 0 saturated carbocycles. The minimum absolute atomic E-state index is 0.0181. The lowest BCUT2D eigenvalue weighted by Crippen LogP contribution is -2.28. The molecule has 1 heterocycles. The lowest BCUT2D eigenvalue weighted by Gasteiger charge is -2.09. The van der Waals surface area contributed by atoms with Crippen LogP contribution in [0.1, 0.15) is 17.3 Å². The van der Waals surface area contributed by atoms with Crippen molar-refractivity contribution in [2.45, 2.75) is 6.92 Å². The molecule has 0 aliphatic heterocycles. The number of aromatic amines is 1. The average Bonchev–Trinajstić information content (AvgIpc) is 2.48. The second kappa shape index (κ2) is 7.07. The molecule has 114 valence electrons. The number of hydrogen-bond acceptors (Lipinski definition) is 3. The van der Waals surface area contributed by atoms with Gasteiger partial charge in [-0.3, -0.25) is 9.59 Å². The maximum absolute atomic E-state index is 12.0. The van der Waals surface area contributed by atoms with E-state index in [0.717, 1.165) is 0 Å². The van der Waals surface area contributed by atoms with Gasteiger partial charge in [0.25, 0.3) is 11.5 Å². The van der Waals surface area contributed by atoms with Crippen molar-refractivity contribution in [2.24, 2.45) is 0 Å². The van der Waals surface area contributed by atoms with E-state index in [1.54, 1.807) is 30.3 Å². The molecule has 0 spiro atoms. The maximum atomic E-state index is 12.0. The molecule has 1 aromatic heterocycles. The molecule has 3 amide bonds. The summed E-state index contributed by atoms with van der Waals surface area (Å²) in [7, 11) is 0. The minimum Gasteiger partial charge on any atom is -0.338 e. The fourth-order valence-electron chi connectivity index (χ4n) is 1.81. The number of carbonyl (C=O) groups is 2. The van der Waals surface area contributed by atoms with Crippen molar-refractivity contribution in [1.29, 1.82) is 0 Å². The van der Waals surface area contributed by atoms with Crippen LogP contribution >= 0.6 is 0 Å². The molecule has 22 heavy (non-hydrogen) atoms. The Labute approximate surface area is 126 Å². The molecule has 7 nitrogen and oxygen atoms in total. The van der Waals surface area contributed by atoms with Gasteiger partial charge in [-0.2, -0.15) is 0 Å². The second-order valence-corrected chi connectivity index (χ2v) is 4.43. The van der Waals surface area contributed by atoms with E-state index in [1.165, 1.54) is 12.3 Å². The molecule has 7 heteroatoms. The van der Waals surface area contributed by atoms with Crippen LogP contribution in [0.3, 0.4) is 0 Å². The molecule has 0 aliphatic carbocycles. The Morgan fingerprint density at radius 2 is 1.82 bits per heavy atom. The summed E-state index contributed by atoms with van der Waals surface area (Å²) >= 11 is 0. The van der Waals surface area contributed by atoms with E-state index in [9.17, 15) is 14.4 Å². The number of carbonyl (C=O) groups excluding carboxylic acids is 2. The summed E-state index contributed by atoms with van der Waals surface area (Å²) in [5.41, 5.74) is 0.564. The van der Waals surface area contributed by atoms with Gasteiger partial charge in [-0.15, -0.1) is 0 Å². The summed E-state index contributed by atoms with van der Waals surface area (Å²) in [5.74, 6) is -0.517. The Hall–Kier alpha value is -3.09. The molecular formula is C15H16N4O3. The predicted octanol–water partition coefficient (Wildman–Crippen LogP) is 1.77. The number of amides is 3. The second-order valence-electron chi connectivity index (χ2n) is 4.43. The third kappa shape index (κ3) is 3.95. The van der Waals surface area contributed by atoms with Crippen molar-refractivity contribution in [2.75, 3.05) is 17.2 Å². The molecule has 4 N–H and O–H groups in total. The molecule has 0 aliphatic rings. The lowest BCUT2D eigenvalue weighted by atomic mass is 10.2. The summed E-state index contributed by atoms with van der Waals surface area (Å²) in [6.07, 6.45) is 1.45. The third-order valence-electron chi connectivity index (χ3n) is 2.78. The van der Waals surface area contributed by atoms with Gasteiger partial charge in [-0.1, -0.05) is 6.07 Å². The number of H-pyrrole nitrogens is 1. The molecule has 0 saturated heterocycles. The van der Waals surface area contributed by atoms with Crippen LogP contribution in [0.5, 0.6) is 0 Å². The molecule has 0 unspecified atom stereocenters. The van der Waals surface area contributed by atoms with Crippen LogP contribution in [0.15, 0.2) is 47.4 Å². The van der Waals surface area contributed by atoms with E-state index in [2.05, 4.69) is 20.9 Å². The number of nitrogens with one attached hydrogen (secondary N) is 4. The maximum Gasteiger partial charge on any atom is 0.319 e. The molecule has 2 rings (SSSR count). The standard InChI is InChI=1S/C15H16N4O3/c1-2-16-15(22)19-11-6-3-5-10(9-11)18-14(21)12-7-4-8-17-13(12)20/h3-9H,2H2,1H3,(H,17,20)(H,18,21)(H2,16,19,22). The Kier molecular flexibility index (Phi) is 4.92. The number of hydrogen-bond donors (Lipinski definition) is 4. The van der Waals surface area contributed by atoms with Gasteiger partial charge in [0, 0.05) is 24.1 Å². The van der Waals surface area contributed by atoms with Crippen LogP contribution in [-0.4, -0.2) is 23.5 Å². The highest BCUT2D eigenvalue weighted by molar-refractivity contribution is 6.04. The Balaban J connectivity index is 2.10. The van der Waals surface area contributed by atoms with Gasteiger partial charge >= 0.3 is 6.03 Å². The van der Waals surface area contributed by atoms with Crippen molar-refractivity contribution in [3.63, 3.8) is 0 Å². The van der Waals surface area contributed by atoms with E-state index < -0.39 is 11.5 Å². The van der Waals surface area contributed by atoms with E-state index in [-0.39, 0.29) is 11.6 Å². The van der Waals surface area contributed by atoms with Crippen LogP contribution in [0.2, 0.25) is 0 Å². The molecule has 0 bridgehead atoms. The minimum atomic E-state index is -0.517. The van der Waals surface area contributed by atoms with E-state index in [1.807, 2.05) is 6.92 Å². The first kappa shape index (κ1) is 15.3. The van der Waals surface area contributed by atoms with Gasteiger partial charge in [-0.05, 0) is 37.3 Å². The average molecular weight is 300 g/mol. The van der Waals surface area contributed by atoms with Crippen LogP contribution in [-0.2, 0) is 0 Å². The zero-order valence-corrected chi connectivity index (χ0v) is 12.0. The van der Waals surface area contributed by atoms with Crippen molar-refractivity contribution < 1.29 is 9.59 Å². The number of pyridine rings is 1. The topological polar surface area (TPSA) is 103 Å². The first-order chi connectivity index (χ1) is 10.6. The van der Waals surface area contributed by atoms with Crippen molar-refractivity contribution in [3.8, 4) is 0 Å². The fraction of sp³-hybridized carbons (Fsp3) is 0.133. The highest BCUT2D eigenvalue weighted by atomic mass is 16.2. The van der Waals surface area contributed by atoms with Gasteiger partial charge in [0.15, 0.2) is 0 Å². The zero-order valence-electron chi connectivity index (χ0n) is 12.0. The quantitative estimate of drug-likeness (QED) is 0.691. The summed E-state index contributed by atoms with van der Waals surface area (Å²) in [5, 5.41) is 7.86. The predicted molar refractivity (Wildman–Crippen MR) is 84.2 cm³/mol.